The van der Waals surface area contributed by atoms with E-state index in [1.165, 1.54) is 0 Å². The zero-order valence-electron chi connectivity index (χ0n) is 15.8. The van der Waals surface area contributed by atoms with E-state index in [2.05, 4.69) is 5.32 Å². The molecule has 3 aromatic rings. The number of methoxy groups -OCH3 is 1. The van der Waals surface area contributed by atoms with Gasteiger partial charge in [-0.25, -0.2) is 0 Å². The van der Waals surface area contributed by atoms with Crippen LogP contribution in [0.15, 0.2) is 66.7 Å². The third-order valence-corrected chi connectivity index (χ3v) is 4.55. The fourth-order valence-electron chi connectivity index (χ4n) is 3.01. The van der Waals surface area contributed by atoms with Gasteiger partial charge in [0.1, 0.15) is 11.5 Å². The first-order chi connectivity index (χ1) is 13.2. The van der Waals surface area contributed by atoms with Gasteiger partial charge in [-0.2, -0.15) is 0 Å². The highest BCUT2D eigenvalue weighted by atomic mass is 16.5. The van der Waals surface area contributed by atoms with Crippen molar-refractivity contribution in [2.75, 3.05) is 13.7 Å². The molecule has 4 nitrogen and oxygen atoms in total. The second-order valence-corrected chi connectivity index (χ2v) is 6.38. The lowest BCUT2D eigenvalue weighted by Crippen LogP contribution is -2.39. The van der Waals surface area contributed by atoms with Crippen molar-refractivity contribution < 1.29 is 14.3 Å². The van der Waals surface area contributed by atoms with Gasteiger partial charge in [0.05, 0.1) is 7.11 Å². The van der Waals surface area contributed by atoms with Crippen molar-refractivity contribution in [3.05, 3.63) is 72.3 Å². The number of fused-ring (bicyclic) bond motifs is 1. The first-order valence-electron chi connectivity index (χ1n) is 9.26. The number of nitrogens with one attached hydrogen (secondary N) is 1. The molecule has 0 aliphatic rings. The van der Waals surface area contributed by atoms with Crippen molar-refractivity contribution in [2.45, 2.75) is 25.9 Å². The van der Waals surface area contributed by atoms with E-state index in [-0.39, 0.29) is 5.91 Å². The molecule has 1 amide bonds. The molecule has 0 aliphatic heterocycles. The molecule has 0 fully saturated rings. The van der Waals surface area contributed by atoms with E-state index >= 15 is 0 Å². The highest BCUT2D eigenvalue weighted by Crippen LogP contribution is 2.26. The highest BCUT2D eigenvalue weighted by Gasteiger charge is 2.18. The van der Waals surface area contributed by atoms with Crippen LogP contribution in [0.25, 0.3) is 10.8 Å². The Morgan fingerprint density at radius 1 is 1.00 bits per heavy atom. The molecule has 0 saturated carbocycles. The number of carbonyl (C=O) groups excluding carboxylic acids is 1. The van der Waals surface area contributed by atoms with E-state index in [0.717, 1.165) is 34.3 Å². The van der Waals surface area contributed by atoms with Gasteiger partial charge in [-0.05, 0) is 42.0 Å². The second-order valence-electron chi connectivity index (χ2n) is 6.38. The molecule has 0 unspecified atom stereocenters. The normalized spacial score (nSPS) is 11.8. The fraction of sp³-hybridized carbons (Fsp3) is 0.261. The largest absolute Gasteiger partial charge is 0.497 e. The van der Waals surface area contributed by atoms with Crippen LogP contribution in [-0.2, 0) is 11.2 Å². The Bertz CT molecular complexity index is 884. The molecule has 0 aliphatic carbocycles. The van der Waals surface area contributed by atoms with Crippen molar-refractivity contribution in [3.8, 4) is 11.5 Å². The summed E-state index contributed by atoms with van der Waals surface area (Å²) in [5.74, 6) is 1.49. The topological polar surface area (TPSA) is 47.6 Å². The Balaban J connectivity index is 1.58. The summed E-state index contributed by atoms with van der Waals surface area (Å²) in [6.45, 7) is 2.53. The van der Waals surface area contributed by atoms with E-state index in [4.69, 9.17) is 9.47 Å². The van der Waals surface area contributed by atoms with Crippen LogP contribution in [0, 0.1) is 0 Å². The van der Waals surface area contributed by atoms with Crippen molar-refractivity contribution >= 4 is 16.7 Å². The molecule has 1 atom stereocenters. The van der Waals surface area contributed by atoms with E-state index < -0.39 is 6.10 Å². The Labute approximate surface area is 160 Å². The lowest BCUT2D eigenvalue weighted by Gasteiger charge is -2.18. The van der Waals surface area contributed by atoms with Crippen LogP contribution in [-0.4, -0.2) is 25.7 Å². The third-order valence-electron chi connectivity index (χ3n) is 4.55. The second kappa shape index (κ2) is 9.08. The van der Waals surface area contributed by atoms with Gasteiger partial charge in [0.2, 0.25) is 0 Å². The lowest BCUT2D eigenvalue weighted by atomic mass is 10.1. The third kappa shape index (κ3) is 4.79. The predicted octanol–water partition coefficient (Wildman–Crippen LogP) is 4.36. The average molecular weight is 363 g/mol. The van der Waals surface area contributed by atoms with Crippen molar-refractivity contribution in [2.24, 2.45) is 0 Å². The molecule has 0 spiro atoms. The molecule has 3 rings (SSSR count). The molecular formula is C23H25NO3. The zero-order valence-corrected chi connectivity index (χ0v) is 15.8. The number of hydrogen-bond donors (Lipinski definition) is 1. The minimum Gasteiger partial charge on any atom is -0.497 e. The van der Waals surface area contributed by atoms with Crippen LogP contribution >= 0.6 is 0 Å². The number of ether oxygens (including phenoxy) is 2. The summed E-state index contributed by atoms with van der Waals surface area (Å²) in [6.07, 6.45) is 0.865. The van der Waals surface area contributed by atoms with Crippen LogP contribution in [0.3, 0.4) is 0 Å². The maximum absolute atomic E-state index is 12.5. The minimum absolute atomic E-state index is 0.0843. The van der Waals surface area contributed by atoms with Gasteiger partial charge in [-0.1, -0.05) is 55.5 Å². The van der Waals surface area contributed by atoms with Crippen molar-refractivity contribution in [1.29, 1.82) is 0 Å². The van der Waals surface area contributed by atoms with E-state index in [9.17, 15) is 4.79 Å². The fourth-order valence-corrected chi connectivity index (χ4v) is 3.01. The standard InChI is InChI=1S/C23H25NO3/c1-3-21(27-22-10-6-8-18-7-4-5-9-20(18)22)23(25)24-16-15-17-11-13-19(26-2)14-12-17/h4-14,21H,3,15-16H2,1-2H3,(H,24,25)/t21-/m0/s1. The number of benzene rings is 3. The van der Waals surface area contributed by atoms with Gasteiger partial charge in [0, 0.05) is 11.9 Å². The summed E-state index contributed by atoms with van der Waals surface area (Å²) in [6, 6.07) is 21.8. The summed E-state index contributed by atoms with van der Waals surface area (Å²) in [5, 5.41) is 5.10. The molecule has 27 heavy (non-hydrogen) atoms. The maximum atomic E-state index is 12.5. The highest BCUT2D eigenvalue weighted by molar-refractivity contribution is 5.89. The molecule has 3 aromatic carbocycles. The van der Waals surface area contributed by atoms with E-state index in [1.54, 1.807) is 7.11 Å². The predicted molar refractivity (Wildman–Crippen MR) is 108 cm³/mol. The Hall–Kier alpha value is -3.01. The van der Waals surface area contributed by atoms with Crippen LogP contribution in [0.1, 0.15) is 18.9 Å². The van der Waals surface area contributed by atoms with Crippen LogP contribution in [0.2, 0.25) is 0 Å². The number of rotatable bonds is 8. The summed E-state index contributed by atoms with van der Waals surface area (Å²) in [4.78, 5) is 12.5. The monoisotopic (exact) mass is 363 g/mol. The minimum atomic E-state index is -0.508. The quantitative estimate of drug-likeness (QED) is 0.647. The Morgan fingerprint density at radius 2 is 1.74 bits per heavy atom. The summed E-state index contributed by atoms with van der Waals surface area (Å²) in [5.41, 5.74) is 1.15. The van der Waals surface area contributed by atoms with Crippen molar-refractivity contribution in [1.82, 2.24) is 5.32 Å². The number of hydrogen-bond acceptors (Lipinski definition) is 3. The smallest absolute Gasteiger partial charge is 0.261 e. The summed E-state index contributed by atoms with van der Waals surface area (Å²) in [7, 11) is 1.65. The maximum Gasteiger partial charge on any atom is 0.261 e. The molecule has 1 N–H and O–H groups in total. The van der Waals surface area contributed by atoms with Crippen LogP contribution < -0.4 is 14.8 Å². The van der Waals surface area contributed by atoms with E-state index in [1.807, 2.05) is 73.7 Å². The van der Waals surface area contributed by atoms with Crippen molar-refractivity contribution in [3.63, 3.8) is 0 Å². The van der Waals surface area contributed by atoms with Gasteiger partial charge in [-0.15, -0.1) is 0 Å². The molecule has 140 valence electrons. The average Bonchev–Trinajstić information content (AvgIpc) is 2.72. The van der Waals surface area contributed by atoms with Gasteiger partial charge in [-0.3, -0.25) is 4.79 Å². The summed E-state index contributed by atoms with van der Waals surface area (Å²) < 4.78 is 11.2. The molecule has 0 radical (unpaired) electrons. The van der Waals surface area contributed by atoms with Gasteiger partial charge in [0.15, 0.2) is 6.10 Å². The summed E-state index contributed by atoms with van der Waals surface area (Å²) >= 11 is 0. The molecule has 0 saturated heterocycles. The number of carbonyl (C=O) groups is 1. The molecule has 0 heterocycles. The lowest BCUT2D eigenvalue weighted by molar-refractivity contribution is -0.128. The first kappa shape index (κ1) is 18.8. The Morgan fingerprint density at radius 3 is 2.48 bits per heavy atom. The van der Waals surface area contributed by atoms with Crippen LogP contribution in [0.4, 0.5) is 0 Å². The molecule has 4 heteroatoms. The molecule has 0 aromatic heterocycles. The molecular weight excluding hydrogens is 338 g/mol. The van der Waals surface area contributed by atoms with Gasteiger partial charge < -0.3 is 14.8 Å². The van der Waals surface area contributed by atoms with Gasteiger partial charge in [0.25, 0.3) is 5.91 Å². The first-order valence-corrected chi connectivity index (χ1v) is 9.26. The SMILES string of the molecule is CC[C@H](Oc1cccc2ccccc12)C(=O)NCCc1ccc(OC)cc1. The van der Waals surface area contributed by atoms with Gasteiger partial charge >= 0.3 is 0 Å². The Kier molecular flexibility index (Phi) is 6.31. The van der Waals surface area contributed by atoms with Crippen LogP contribution in [0.5, 0.6) is 11.5 Å². The zero-order chi connectivity index (χ0) is 19.1. The van der Waals surface area contributed by atoms with E-state index in [0.29, 0.717) is 13.0 Å². The number of amides is 1. The molecule has 0 bridgehead atoms.